The first-order chi connectivity index (χ1) is 9.66. The largest absolute Gasteiger partial charge is 0.492 e. The van der Waals surface area contributed by atoms with Gasteiger partial charge in [-0.2, -0.15) is 0 Å². The molecular weight excluding hydrogens is 256 g/mol. The van der Waals surface area contributed by atoms with Crippen LogP contribution in [0.1, 0.15) is 15.9 Å². The number of carbonyl (C=O) groups excluding carboxylic acids is 1. The molecule has 0 fully saturated rings. The van der Waals surface area contributed by atoms with Crippen molar-refractivity contribution in [2.75, 3.05) is 13.2 Å². The number of rotatable bonds is 5. The van der Waals surface area contributed by atoms with E-state index in [4.69, 9.17) is 4.74 Å². The Morgan fingerprint density at radius 1 is 1.35 bits per heavy atom. The second-order valence-electron chi connectivity index (χ2n) is 4.34. The molecule has 0 saturated carbocycles. The van der Waals surface area contributed by atoms with Crippen LogP contribution >= 0.6 is 0 Å². The minimum Gasteiger partial charge on any atom is -0.492 e. The fourth-order valence-electron chi connectivity index (χ4n) is 1.73. The number of aromatic amines is 1. The van der Waals surface area contributed by atoms with Crippen LogP contribution in [0.15, 0.2) is 47.5 Å². The lowest BCUT2D eigenvalue weighted by atomic mass is 10.2. The van der Waals surface area contributed by atoms with E-state index in [-0.39, 0.29) is 11.0 Å². The quantitative estimate of drug-likeness (QED) is 0.810. The Balaban J connectivity index is 1.80. The number of hydrogen-bond acceptors (Lipinski definition) is 3. The Morgan fingerprint density at radius 2 is 2.20 bits per heavy atom. The van der Waals surface area contributed by atoms with Gasteiger partial charge in [-0.15, -0.1) is 0 Å². The van der Waals surface area contributed by atoms with E-state index in [1.165, 1.54) is 18.5 Å². The number of aromatic nitrogens is 1. The summed E-state index contributed by atoms with van der Waals surface area (Å²) < 4.78 is 5.50. The summed E-state index contributed by atoms with van der Waals surface area (Å²) in [6, 6.07) is 8.99. The minimum atomic E-state index is -0.403. The molecule has 0 radical (unpaired) electrons. The van der Waals surface area contributed by atoms with Crippen LogP contribution in [-0.4, -0.2) is 24.0 Å². The summed E-state index contributed by atoms with van der Waals surface area (Å²) in [5.74, 6) is 0.358. The van der Waals surface area contributed by atoms with E-state index in [9.17, 15) is 9.59 Å². The van der Waals surface area contributed by atoms with Crippen molar-refractivity contribution < 1.29 is 9.53 Å². The summed E-state index contributed by atoms with van der Waals surface area (Å²) in [5, 5.41) is 2.64. The molecule has 1 aromatic carbocycles. The molecule has 5 heteroatoms. The first-order valence-corrected chi connectivity index (χ1v) is 6.31. The van der Waals surface area contributed by atoms with Gasteiger partial charge >= 0.3 is 0 Å². The molecule has 1 aromatic heterocycles. The lowest BCUT2D eigenvalue weighted by Crippen LogP contribution is -2.31. The topological polar surface area (TPSA) is 71.2 Å². The van der Waals surface area contributed by atoms with Crippen LogP contribution in [0.25, 0.3) is 0 Å². The van der Waals surface area contributed by atoms with Crippen molar-refractivity contribution in [3.8, 4) is 5.75 Å². The van der Waals surface area contributed by atoms with E-state index in [1.54, 1.807) is 0 Å². The van der Waals surface area contributed by atoms with Crippen LogP contribution in [0.3, 0.4) is 0 Å². The molecule has 0 aliphatic carbocycles. The maximum Gasteiger partial charge on any atom is 0.256 e. The number of ether oxygens (including phenoxy) is 1. The molecule has 0 spiro atoms. The Hall–Kier alpha value is -2.56. The third-order valence-corrected chi connectivity index (χ3v) is 2.71. The van der Waals surface area contributed by atoms with E-state index in [0.717, 1.165) is 11.3 Å². The molecule has 20 heavy (non-hydrogen) atoms. The lowest BCUT2D eigenvalue weighted by molar-refractivity contribution is 0.0945. The monoisotopic (exact) mass is 272 g/mol. The SMILES string of the molecule is Cc1cccc(OCCNC(=O)c2c[nH]ccc2=O)c1. The Bertz CT molecular complexity index is 649. The molecule has 104 valence electrons. The lowest BCUT2D eigenvalue weighted by Gasteiger charge is -2.08. The van der Waals surface area contributed by atoms with Gasteiger partial charge < -0.3 is 15.0 Å². The number of nitrogens with one attached hydrogen (secondary N) is 2. The van der Waals surface area contributed by atoms with Crippen molar-refractivity contribution >= 4 is 5.91 Å². The fourth-order valence-corrected chi connectivity index (χ4v) is 1.73. The summed E-state index contributed by atoms with van der Waals surface area (Å²) in [6.45, 7) is 2.66. The van der Waals surface area contributed by atoms with Crippen molar-refractivity contribution in [1.82, 2.24) is 10.3 Å². The number of pyridine rings is 1. The number of benzene rings is 1. The molecule has 0 bridgehead atoms. The van der Waals surface area contributed by atoms with Crippen molar-refractivity contribution in [3.63, 3.8) is 0 Å². The maximum atomic E-state index is 11.7. The smallest absolute Gasteiger partial charge is 0.256 e. The molecule has 1 amide bonds. The highest BCUT2D eigenvalue weighted by molar-refractivity contribution is 5.93. The number of carbonyl (C=O) groups is 1. The highest BCUT2D eigenvalue weighted by Crippen LogP contribution is 2.11. The molecule has 0 unspecified atom stereocenters. The molecule has 2 aromatic rings. The number of H-pyrrole nitrogens is 1. The molecule has 0 saturated heterocycles. The van der Waals surface area contributed by atoms with Crippen molar-refractivity contribution in [1.29, 1.82) is 0 Å². The van der Waals surface area contributed by atoms with Crippen LogP contribution in [-0.2, 0) is 0 Å². The van der Waals surface area contributed by atoms with Crippen LogP contribution in [0.5, 0.6) is 5.75 Å². The predicted molar refractivity (Wildman–Crippen MR) is 76.1 cm³/mol. The van der Waals surface area contributed by atoms with E-state index < -0.39 is 5.91 Å². The van der Waals surface area contributed by atoms with E-state index in [0.29, 0.717) is 13.2 Å². The third-order valence-electron chi connectivity index (χ3n) is 2.71. The van der Waals surface area contributed by atoms with Crippen LogP contribution < -0.4 is 15.5 Å². The summed E-state index contributed by atoms with van der Waals surface area (Å²) in [4.78, 5) is 25.9. The average molecular weight is 272 g/mol. The highest BCUT2D eigenvalue weighted by Gasteiger charge is 2.08. The van der Waals surface area contributed by atoms with Crippen LogP contribution in [0.4, 0.5) is 0 Å². The van der Waals surface area contributed by atoms with Crippen molar-refractivity contribution in [2.24, 2.45) is 0 Å². The molecule has 0 aliphatic heterocycles. The maximum absolute atomic E-state index is 11.7. The standard InChI is InChI=1S/C15H16N2O3/c1-11-3-2-4-12(9-11)20-8-7-17-15(19)13-10-16-6-5-14(13)18/h2-6,9-10H,7-8H2,1H3,(H,16,18)(H,17,19). The van der Waals surface area contributed by atoms with Crippen molar-refractivity contribution in [2.45, 2.75) is 6.92 Å². The van der Waals surface area contributed by atoms with E-state index >= 15 is 0 Å². The zero-order valence-electron chi connectivity index (χ0n) is 11.2. The minimum absolute atomic E-state index is 0.100. The predicted octanol–water partition coefficient (Wildman–Crippen LogP) is 1.49. The highest BCUT2D eigenvalue weighted by atomic mass is 16.5. The molecule has 1 heterocycles. The summed E-state index contributed by atoms with van der Waals surface area (Å²) in [6.07, 6.45) is 2.87. The van der Waals surface area contributed by atoms with Gasteiger partial charge in [0.05, 0.1) is 6.54 Å². The van der Waals surface area contributed by atoms with Gasteiger partial charge in [0, 0.05) is 18.5 Å². The fraction of sp³-hybridized carbons (Fsp3) is 0.200. The van der Waals surface area contributed by atoms with Gasteiger partial charge in [0.2, 0.25) is 0 Å². The van der Waals surface area contributed by atoms with Gasteiger partial charge in [-0.3, -0.25) is 9.59 Å². The summed E-state index contributed by atoms with van der Waals surface area (Å²) >= 11 is 0. The zero-order valence-corrected chi connectivity index (χ0v) is 11.2. The average Bonchev–Trinajstić information content (AvgIpc) is 2.44. The van der Waals surface area contributed by atoms with E-state index in [1.807, 2.05) is 31.2 Å². The second kappa shape index (κ2) is 6.56. The van der Waals surface area contributed by atoms with E-state index in [2.05, 4.69) is 10.3 Å². The Kier molecular flexibility index (Phi) is 4.55. The second-order valence-corrected chi connectivity index (χ2v) is 4.34. The number of hydrogen-bond donors (Lipinski definition) is 2. The van der Waals surface area contributed by atoms with Gasteiger partial charge in [-0.1, -0.05) is 12.1 Å². The Morgan fingerprint density at radius 3 is 2.95 bits per heavy atom. The van der Waals surface area contributed by atoms with Gasteiger partial charge in [0.15, 0.2) is 5.43 Å². The summed E-state index contributed by atoms with van der Waals surface area (Å²) in [5.41, 5.74) is 0.909. The van der Waals surface area contributed by atoms with Crippen molar-refractivity contribution in [3.05, 3.63) is 64.1 Å². The zero-order chi connectivity index (χ0) is 14.4. The first kappa shape index (κ1) is 13.9. The van der Waals surface area contributed by atoms with Crippen LogP contribution in [0, 0.1) is 6.92 Å². The first-order valence-electron chi connectivity index (χ1n) is 6.31. The molecule has 0 atom stereocenters. The molecule has 2 N–H and O–H groups in total. The van der Waals surface area contributed by atoms with Gasteiger partial charge in [-0.05, 0) is 24.6 Å². The third kappa shape index (κ3) is 3.71. The molecule has 2 rings (SSSR count). The Labute approximate surface area is 116 Å². The molecule has 0 aliphatic rings. The van der Waals surface area contributed by atoms with Gasteiger partial charge in [-0.25, -0.2) is 0 Å². The number of amides is 1. The van der Waals surface area contributed by atoms with Gasteiger partial charge in [0.25, 0.3) is 5.91 Å². The molecule has 5 nitrogen and oxygen atoms in total. The number of aryl methyl sites for hydroxylation is 1. The normalized spacial score (nSPS) is 10.1. The van der Waals surface area contributed by atoms with Crippen LogP contribution in [0.2, 0.25) is 0 Å². The summed E-state index contributed by atoms with van der Waals surface area (Å²) in [7, 11) is 0. The molecular formula is C15H16N2O3. The van der Waals surface area contributed by atoms with Gasteiger partial charge in [0.1, 0.15) is 17.9 Å².